The van der Waals surface area contributed by atoms with E-state index in [0.717, 1.165) is 17.8 Å². The van der Waals surface area contributed by atoms with E-state index in [1.165, 1.54) is 18.2 Å². The standard InChI is InChI=1S/C12H7F2NO3S/c13-7-4-10(14)12(15(17)18)11(5-7)19-9-3-1-2-8(16)6-9/h1-6,16H. The number of nitro groups is 1. The number of phenolic OH excluding ortho intramolecular Hbond substituents is 1. The van der Waals surface area contributed by atoms with Crippen LogP contribution in [-0.2, 0) is 0 Å². The number of rotatable bonds is 3. The Morgan fingerprint density at radius 2 is 1.95 bits per heavy atom. The van der Waals surface area contributed by atoms with E-state index >= 15 is 0 Å². The van der Waals surface area contributed by atoms with E-state index in [1.807, 2.05) is 0 Å². The minimum absolute atomic E-state index is 0.0375. The van der Waals surface area contributed by atoms with Gasteiger partial charge in [-0.15, -0.1) is 0 Å². The van der Waals surface area contributed by atoms with E-state index in [1.54, 1.807) is 6.07 Å². The van der Waals surface area contributed by atoms with Crippen LogP contribution in [0.25, 0.3) is 0 Å². The van der Waals surface area contributed by atoms with E-state index < -0.39 is 22.2 Å². The summed E-state index contributed by atoms with van der Waals surface area (Å²) in [6.07, 6.45) is 0. The Kier molecular flexibility index (Phi) is 3.66. The highest BCUT2D eigenvalue weighted by Gasteiger charge is 2.22. The SMILES string of the molecule is O=[N+]([O-])c1c(F)cc(F)cc1Sc1cccc(O)c1. The molecule has 2 aromatic carbocycles. The van der Waals surface area contributed by atoms with Gasteiger partial charge in [-0.3, -0.25) is 10.1 Å². The van der Waals surface area contributed by atoms with Crippen LogP contribution in [0.15, 0.2) is 46.2 Å². The topological polar surface area (TPSA) is 63.4 Å². The number of nitro benzene ring substituents is 1. The first kappa shape index (κ1) is 13.3. The third kappa shape index (κ3) is 3.00. The Hall–Kier alpha value is -2.15. The Morgan fingerprint density at radius 1 is 1.21 bits per heavy atom. The average molecular weight is 283 g/mol. The molecule has 0 saturated heterocycles. The van der Waals surface area contributed by atoms with E-state index in [2.05, 4.69) is 0 Å². The molecule has 0 aliphatic heterocycles. The number of hydrogen-bond donors (Lipinski definition) is 1. The van der Waals surface area contributed by atoms with Crippen LogP contribution in [0.4, 0.5) is 14.5 Å². The number of halogens is 2. The maximum atomic E-state index is 13.4. The highest BCUT2D eigenvalue weighted by molar-refractivity contribution is 7.99. The summed E-state index contributed by atoms with van der Waals surface area (Å²) in [5.41, 5.74) is -0.783. The van der Waals surface area contributed by atoms with Crippen molar-refractivity contribution in [1.82, 2.24) is 0 Å². The van der Waals surface area contributed by atoms with Gasteiger partial charge in [0.25, 0.3) is 0 Å². The number of phenols is 1. The van der Waals surface area contributed by atoms with E-state index in [9.17, 15) is 24.0 Å². The maximum Gasteiger partial charge on any atom is 0.318 e. The van der Waals surface area contributed by atoms with Crippen molar-refractivity contribution in [3.05, 3.63) is 58.1 Å². The zero-order valence-corrected chi connectivity index (χ0v) is 10.2. The predicted molar refractivity (Wildman–Crippen MR) is 65.2 cm³/mol. The molecule has 0 fully saturated rings. The minimum atomic E-state index is -1.23. The van der Waals surface area contributed by atoms with Crippen molar-refractivity contribution in [2.75, 3.05) is 0 Å². The average Bonchev–Trinajstić information content (AvgIpc) is 2.26. The molecular formula is C12H7F2NO3S. The Labute approximate surface area is 110 Å². The fourth-order valence-electron chi connectivity index (χ4n) is 1.47. The lowest BCUT2D eigenvalue weighted by molar-refractivity contribution is -0.390. The number of aromatic hydroxyl groups is 1. The molecule has 0 amide bonds. The Bertz CT molecular complexity index is 649. The van der Waals surface area contributed by atoms with Gasteiger partial charge in [0.2, 0.25) is 5.82 Å². The summed E-state index contributed by atoms with van der Waals surface area (Å²) in [5, 5.41) is 20.1. The van der Waals surface area contributed by atoms with Crippen molar-refractivity contribution in [3.8, 4) is 5.75 Å². The molecular weight excluding hydrogens is 276 g/mol. The molecule has 0 radical (unpaired) electrons. The van der Waals surface area contributed by atoms with Crippen LogP contribution >= 0.6 is 11.8 Å². The van der Waals surface area contributed by atoms with Gasteiger partial charge in [-0.2, -0.15) is 4.39 Å². The fraction of sp³-hybridized carbons (Fsp3) is 0. The zero-order valence-electron chi connectivity index (χ0n) is 9.34. The smallest absolute Gasteiger partial charge is 0.318 e. The van der Waals surface area contributed by atoms with Gasteiger partial charge in [0.1, 0.15) is 11.6 Å². The zero-order chi connectivity index (χ0) is 14.0. The maximum absolute atomic E-state index is 13.4. The molecule has 4 nitrogen and oxygen atoms in total. The Balaban J connectivity index is 2.47. The number of benzene rings is 2. The normalized spacial score (nSPS) is 10.4. The third-order valence-corrected chi connectivity index (χ3v) is 3.24. The molecule has 2 aromatic rings. The molecule has 0 aliphatic carbocycles. The summed E-state index contributed by atoms with van der Waals surface area (Å²) in [7, 11) is 0. The lowest BCUT2D eigenvalue weighted by Crippen LogP contribution is -1.96. The first-order valence-corrected chi connectivity index (χ1v) is 5.89. The van der Waals surface area contributed by atoms with Crippen LogP contribution in [0, 0.1) is 21.7 Å². The monoisotopic (exact) mass is 283 g/mol. The van der Waals surface area contributed by atoms with Gasteiger partial charge in [0.05, 0.1) is 9.82 Å². The molecule has 1 N–H and O–H groups in total. The van der Waals surface area contributed by atoms with Gasteiger partial charge in [-0.25, -0.2) is 4.39 Å². The molecule has 0 aromatic heterocycles. The van der Waals surface area contributed by atoms with Crippen LogP contribution in [-0.4, -0.2) is 10.0 Å². The summed E-state index contributed by atoms with van der Waals surface area (Å²) in [4.78, 5) is 10.2. The van der Waals surface area contributed by atoms with Gasteiger partial charge in [-0.05, 0) is 24.3 Å². The van der Waals surface area contributed by atoms with Crippen LogP contribution in [0.5, 0.6) is 5.75 Å². The summed E-state index contributed by atoms with van der Waals surface area (Å²) in [5.74, 6) is -2.16. The van der Waals surface area contributed by atoms with Crippen molar-refractivity contribution in [1.29, 1.82) is 0 Å². The minimum Gasteiger partial charge on any atom is -0.508 e. The second-order valence-electron chi connectivity index (χ2n) is 3.59. The van der Waals surface area contributed by atoms with Crippen LogP contribution in [0.1, 0.15) is 0 Å². The second-order valence-corrected chi connectivity index (χ2v) is 4.71. The third-order valence-electron chi connectivity index (χ3n) is 2.22. The van der Waals surface area contributed by atoms with Crippen molar-refractivity contribution in [2.24, 2.45) is 0 Å². The quantitative estimate of drug-likeness (QED) is 0.688. The fourth-order valence-corrected chi connectivity index (χ4v) is 2.49. The lowest BCUT2D eigenvalue weighted by Gasteiger charge is -2.04. The van der Waals surface area contributed by atoms with Gasteiger partial charge in [0.15, 0.2) is 0 Å². The van der Waals surface area contributed by atoms with Crippen molar-refractivity contribution < 1.29 is 18.8 Å². The number of nitrogens with zero attached hydrogens (tertiary/aromatic N) is 1. The second kappa shape index (κ2) is 5.23. The van der Waals surface area contributed by atoms with Crippen molar-refractivity contribution in [2.45, 2.75) is 9.79 Å². The predicted octanol–water partition coefficient (Wildman–Crippen LogP) is 3.73. The molecule has 98 valence electrons. The molecule has 0 saturated carbocycles. The molecule has 19 heavy (non-hydrogen) atoms. The summed E-state index contributed by atoms with van der Waals surface area (Å²) in [6, 6.07) is 7.21. The van der Waals surface area contributed by atoms with Crippen molar-refractivity contribution >= 4 is 17.4 Å². The van der Waals surface area contributed by atoms with Crippen LogP contribution in [0.3, 0.4) is 0 Å². The first-order chi connectivity index (χ1) is 8.97. The van der Waals surface area contributed by atoms with E-state index in [-0.39, 0.29) is 10.6 Å². The highest BCUT2D eigenvalue weighted by Crippen LogP contribution is 2.37. The van der Waals surface area contributed by atoms with Gasteiger partial charge in [0, 0.05) is 11.0 Å². The van der Waals surface area contributed by atoms with Crippen molar-refractivity contribution in [3.63, 3.8) is 0 Å². The molecule has 0 atom stereocenters. The van der Waals surface area contributed by atoms with Crippen LogP contribution in [0.2, 0.25) is 0 Å². The highest BCUT2D eigenvalue weighted by atomic mass is 32.2. The molecule has 0 bridgehead atoms. The van der Waals surface area contributed by atoms with Crippen LogP contribution < -0.4 is 0 Å². The van der Waals surface area contributed by atoms with Gasteiger partial charge in [-0.1, -0.05) is 17.8 Å². The first-order valence-electron chi connectivity index (χ1n) is 5.07. The Morgan fingerprint density at radius 3 is 2.58 bits per heavy atom. The molecule has 7 heteroatoms. The molecule has 0 aliphatic rings. The molecule has 0 unspecified atom stereocenters. The molecule has 2 rings (SSSR count). The summed E-state index contributed by atoms with van der Waals surface area (Å²) < 4.78 is 26.5. The largest absolute Gasteiger partial charge is 0.508 e. The van der Waals surface area contributed by atoms with E-state index in [4.69, 9.17) is 0 Å². The molecule has 0 spiro atoms. The summed E-state index contributed by atoms with van der Waals surface area (Å²) >= 11 is 0.803. The van der Waals surface area contributed by atoms with Gasteiger partial charge < -0.3 is 5.11 Å². The van der Waals surface area contributed by atoms with E-state index in [0.29, 0.717) is 11.0 Å². The summed E-state index contributed by atoms with van der Waals surface area (Å²) in [6.45, 7) is 0. The van der Waals surface area contributed by atoms with Gasteiger partial charge >= 0.3 is 5.69 Å². The number of hydrogen-bond acceptors (Lipinski definition) is 4. The molecule has 0 heterocycles. The lowest BCUT2D eigenvalue weighted by atomic mass is 10.3.